The lowest BCUT2D eigenvalue weighted by Crippen LogP contribution is -2.20. The zero-order valence-corrected chi connectivity index (χ0v) is 14.6. The van der Waals surface area contributed by atoms with Crippen LogP contribution in [0.2, 0.25) is 0 Å². The van der Waals surface area contributed by atoms with Crippen molar-refractivity contribution in [1.29, 1.82) is 0 Å². The highest BCUT2D eigenvalue weighted by molar-refractivity contribution is 7.80. The number of allylic oxidation sites excluding steroid dienone is 1. The summed E-state index contributed by atoms with van der Waals surface area (Å²) in [6.07, 6.45) is 10.6. The third kappa shape index (κ3) is 8.16. The van der Waals surface area contributed by atoms with Crippen molar-refractivity contribution in [1.82, 2.24) is 0 Å². The Balaban J connectivity index is 4.48. The maximum absolute atomic E-state index is 5.61. The molecule has 0 rings (SSSR count). The first-order valence-corrected chi connectivity index (χ1v) is 8.81. The fraction of sp³-hybridized carbons (Fsp3) is 0.778. The molecule has 0 radical (unpaired) electrons. The fourth-order valence-electron chi connectivity index (χ4n) is 2.93. The lowest BCUT2D eigenvalue weighted by atomic mass is 9.72. The Morgan fingerprint density at radius 2 is 1.50 bits per heavy atom. The largest absolute Gasteiger partial charge is 0.330 e. The van der Waals surface area contributed by atoms with Crippen molar-refractivity contribution in [3.05, 3.63) is 24.3 Å². The van der Waals surface area contributed by atoms with E-state index in [-0.39, 0.29) is 0 Å². The topological polar surface area (TPSA) is 26.0 Å². The monoisotopic (exact) mass is 297 g/mol. The van der Waals surface area contributed by atoms with Crippen LogP contribution in [0.1, 0.15) is 71.6 Å². The van der Waals surface area contributed by atoms with Crippen LogP contribution in [0.25, 0.3) is 0 Å². The van der Waals surface area contributed by atoms with Gasteiger partial charge in [0, 0.05) is 0 Å². The molecule has 0 spiro atoms. The molecule has 0 aliphatic carbocycles. The number of thiol groups is 1. The molecule has 0 aromatic heterocycles. The lowest BCUT2D eigenvalue weighted by molar-refractivity contribution is 0.205. The maximum Gasteiger partial charge on any atom is -0.00400 e. The van der Waals surface area contributed by atoms with E-state index in [9.17, 15) is 0 Å². The molecule has 0 amide bonds. The highest BCUT2D eigenvalue weighted by Gasteiger charge is 2.26. The molecular weight excluding hydrogens is 262 g/mol. The molecule has 20 heavy (non-hydrogen) atoms. The molecule has 0 heterocycles. The second kappa shape index (κ2) is 11.4. The Morgan fingerprint density at radius 3 is 1.90 bits per heavy atom. The Morgan fingerprint density at radius 1 is 0.950 bits per heavy atom. The van der Waals surface area contributed by atoms with E-state index >= 15 is 0 Å². The van der Waals surface area contributed by atoms with Crippen LogP contribution in [0, 0.1) is 5.41 Å². The van der Waals surface area contributed by atoms with Crippen molar-refractivity contribution in [3.8, 4) is 0 Å². The molecule has 0 aromatic carbocycles. The molecule has 0 saturated carbocycles. The molecule has 2 N–H and O–H groups in total. The van der Waals surface area contributed by atoms with E-state index in [0.717, 1.165) is 38.0 Å². The van der Waals surface area contributed by atoms with Gasteiger partial charge < -0.3 is 5.73 Å². The van der Waals surface area contributed by atoms with Crippen molar-refractivity contribution < 1.29 is 0 Å². The highest BCUT2D eigenvalue weighted by Crippen LogP contribution is 2.40. The average Bonchev–Trinajstić information content (AvgIpc) is 2.43. The molecule has 0 aliphatic heterocycles. The zero-order valence-electron chi connectivity index (χ0n) is 13.7. The van der Waals surface area contributed by atoms with Gasteiger partial charge in [0.2, 0.25) is 0 Å². The van der Waals surface area contributed by atoms with Gasteiger partial charge in [0.05, 0.1) is 0 Å². The van der Waals surface area contributed by atoms with Crippen molar-refractivity contribution in [2.24, 2.45) is 11.1 Å². The van der Waals surface area contributed by atoms with Gasteiger partial charge >= 0.3 is 0 Å². The van der Waals surface area contributed by atoms with Gasteiger partial charge in [-0.15, -0.1) is 0 Å². The third-order valence-electron chi connectivity index (χ3n) is 4.51. The van der Waals surface area contributed by atoms with E-state index in [4.69, 9.17) is 5.73 Å². The number of hydrogen-bond acceptors (Lipinski definition) is 2. The Labute approximate surface area is 132 Å². The molecule has 1 unspecified atom stereocenters. The minimum Gasteiger partial charge on any atom is -0.330 e. The van der Waals surface area contributed by atoms with Crippen LogP contribution in [0.5, 0.6) is 0 Å². The summed E-state index contributed by atoms with van der Waals surface area (Å²) in [5, 5.41) is 0. The van der Waals surface area contributed by atoms with Gasteiger partial charge in [0.15, 0.2) is 0 Å². The summed E-state index contributed by atoms with van der Waals surface area (Å²) in [5.74, 6) is 0.916. The third-order valence-corrected chi connectivity index (χ3v) is 4.73. The Kier molecular flexibility index (Phi) is 11.3. The van der Waals surface area contributed by atoms with Crippen LogP contribution in [0.3, 0.4) is 0 Å². The molecule has 1 nitrogen and oxygen atoms in total. The van der Waals surface area contributed by atoms with Gasteiger partial charge in [-0.1, -0.05) is 51.0 Å². The Hall–Kier alpha value is -0.210. The van der Waals surface area contributed by atoms with Gasteiger partial charge in [0.1, 0.15) is 0 Å². The molecule has 118 valence electrons. The first-order valence-electron chi connectivity index (χ1n) is 8.17. The van der Waals surface area contributed by atoms with E-state index < -0.39 is 0 Å². The van der Waals surface area contributed by atoms with Crippen molar-refractivity contribution in [2.75, 3.05) is 12.3 Å². The van der Waals surface area contributed by atoms with E-state index in [1.54, 1.807) is 0 Å². The van der Waals surface area contributed by atoms with E-state index in [1.807, 2.05) is 0 Å². The molecule has 0 aliphatic rings. The summed E-state index contributed by atoms with van der Waals surface area (Å²) in [6.45, 7) is 13.7. The molecular formula is C18H35NS. The lowest BCUT2D eigenvalue weighted by Gasteiger charge is -2.34. The molecule has 0 fully saturated rings. The molecule has 0 bridgehead atoms. The normalized spacial score (nSPS) is 14.0. The molecule has 0 aromatic rings. The second-order valence-electron chi connectivity index (χ2n) is 6.12. The summed E-state index contributed by atoms with van der Waals surface area (Å²) in [7, 11) is 0. The van der Waals surface area contributed by atoms with Gasteiger partial charge in [-0.3, -0.25) is 0 Å². The molecule has 2 heteroatoms. The van der Waals surface area contributed by atoms with E-state index in [1.165, 1.54) is 43.3 Å². The predicted molar refractivity (Wildman–Crippen MR) is 96.5 cm³/mol. The predicted octanol–water partition coefficient (Wildman–Crippen LogP) is 5.52. The second-order valence-corrected chi connectivity index (χ2v) is 6.56. The number of rotatable bonds is 13. The van der Waals surface area contributed by atoms with Gasteiger partial charge in [-0.05, 0) is 62.7 Å². The minimum absolute atomic E-state index is 0.464. The summed E-state index contributed by atoms with van der Waals surface area (Å²) >= 11 is 4.30. The summed E-state index contributed by atoms with van der Waals surface area (Å²) < 4.78 is 0. The zero-order chi connectivity index (χ0) is 15.4. The van der Waals surface area contributed by atoms with Crippen molar-refractivity contribution in [2.45, 2.75) is 71.6 Å². The first kappa shape index (κ1) is 19.8. The van der Waals surface area contributed by atoms with E-state index in [2.05, 4.69) is 39.6 Å². The smallest absolute Gasteiger partial charge is 0.00400 e. The molecule has 1 atom stereocenters. The van der Waals surface area contributed by atoms with E-state index in [0.29, 0.717) is 5.41 Å². The number of hydrogen-bond donors (Lipinski definition) is 2. The van der Waals surface area contributed by atoms with Crippen LogP contribution in [-0.2, 0) is 0 Å². The van der Waals surface area contributed by atoms with Crippen molar-refractivity contribution >= 4 is 12.6 Å². The van der Waals surface area contributed by atoms with Crippen LogP contribution >= 0.6 is 12.6 Å². The SMILES string of the molecule is C=C(CCN)CCC(CC)(CCC)CCC(=C)CCS. The fourth-order valence-corrected chi connectivity index (χ4v) is 3.25. The average molecular weight is 298 g/mol. The van der Waals surface area contributed by atoms with Crippen molar-refractivity contribution in [3.63, 3.8) is 0 Å². The molecule has 0 saturated heterocycles. The summed E-state index contributed by atoms with van der Waals surface area (Å²) in [6, 6.07) is 0. The quantitative estimate of drug-likeness (QED) is 0.339. The van der Waals surface area contributed by atoms with Crippen LogP contribution in [0.4, 0.5) is 0 Å². The summed E-state index contributed by atoms with van der Waals surface area (Å²) in [4.78, 5) is 0. The Bertz CT molecular complexity index is 261. The van der Waals surface area contributed by atoms with Gasteiger partial charge in [-0.2, -0.15) is 12.6 Å². The standard InChI is InChI=1S/C18H35NS/c1-5-11-18(6-2,12-7-16(3)9-14-19)13-8-17(4)10-15-20/h20H,3-15,19H2,1-2H3. The highest BCUT2D eigenvalue weighted by atomic mass is 32.1. The minimum atomic E-state index is 0.464. The van der Waals surface area contributed by atoms with Crippen LogP contribution in [0.15, 0.2) is 24.3 Å². The van der Waals surface area contributed by atoms with Gasteiger partial charge in [-0.25, -0.2) is 0 Å². The summed E-state index contributed by atoms with van der Waals surface area (Å²) in [5.41, 5.74) is 8.75. The first-order chi connectivity index (χ1) is 9.53. The van der Waals surface area contributed by atoms with Crippen LogP contribution in [-0.4, -0.2) is 12.3 Å². The van der Waals surface area contributed by atoms with Crippen LogP contribution < -0.4 is 5.73 Å². The number of nitrogens with two attached hydrogens (primary N) is 1. The maximum atomic E-state index is 5.61. The van der Waals surface area contributed by atoms with Gasteiger partial charge in [0.25, 0.3) is 0 Å².